The lowest BCUT2D eigenvalue weighted by molar-refractivity contribution is 0.0940. The number of nitrogens with zero attached hydrogens (tertiary/aromatic N) is 2. The van der Waals surface area contributed by atoms with E-state index in [0.29, 0.717) is 11.4 Å². The van der Waals surface area contributed by atoms with E-state index in [9.17, 15) is 4.79 Å². The first-order valence-electron chi connectivity index (χ1n) is 6.62. The normalized spacial score (nSPS) is 11.7. The fourth-order valence-electron chi connectivity index (χ4n) is 1.89. The SMILES string of the molecule is CCNc1ncccc1C(=O)NC(C)c1cccnc1. The molecule has 2 rings (SSSR count). The highest BCUT2D eigenvalue weighted by Crippen LogP contribution is 2.15. The van der Waals surface area contributed by atoms with E-state index in [2.05, 4.69) is 20.6 Å². The van der Waals surface area contributed by atoms with Crippen molar-refractivity contribution in [2.45, 2.75) is 19.9 Å². The highest BCUT2D eigenvalue weighted by atomic mass is 16.1. The molecular formula is C15H18N4O. The summed E-state index contributed by atoms with van der Waals surface area (Å²) in [7, 11) is 0. The fraction of sp³-hybridized carbons (Fsp3) is 0.267. The van der Waals surface area contributed by atoms with Crippen LogP contribution in [0.5, 0.6) is 0 Å². The van der Waals surface area contributed by atoms with E-state index in [4.69, 9.17) is 0 Å². The molecular weight excluding hydrogens is 252 g/mol. The third kappa shape index (κ3) is 3.32. The van der Waals surface area contributed by atoms with Crippen LogP contribution in [0.25, 0.3) is 0 Å². The van der Waals surface area contributed by atoms with Crippen molar-refractivity contribution >= 4 is 11.7 Å². The van der Waals surface area contributed by atoms with Crippen molar-refractivity contribution in [3.05, 3.63) is 54.0 Å². The number of hydrogen-bond acceptors (Lipinski definition) is 4. The molecule has 2 aromatic rings. The zero-order valence-electron chi connectivity index (χ0n) is 11.6. The van der Waals surface area contributed by atoms with Crippen molar-refractivity contribution in [1.29, 1.82) is 0 Å². The minimum absolute atomic E-state index is 0.106. The van der Waals surface area contributed by atoms with Crippen LogP contribution in [0, 0.1) is 0 Å². The van der Waals surface area contributed by atoms with Gasteiger partial charge in [0.1, 0.15) is 5.82 Å². The largest absolute Gasteiger partial charge is 0.370 e. The van der Waals surface area contributed by atoms with Gasteiger partial charge >= 0.3 is 0 Å². The third-order valence-electron chi connectivity index (χ3n) is 2.93. The van der Waals surface area contributed by atoms with Crippen molar-refractivity contribution in [1.82, 2.24) is 15.3 Å². The van der Waals surface area contributed by atoms with Gasteiger partial charge < -0.3 is 10.6 Å². The van der Waals surface area contributed by atoms with E-state index in [1.54, 1.807) is 30.7 Å². The number of amides is 1. The van der Waals surface area contributed by atoms with Crippen LogP contribution in [-0.4, -0.2) is 22.4 Å². The number of anilines is 1. The van der Waals surface area contributed by atoms with E-state index in [1.165, 1.54) is 0 Å². The minimum atomic E-state index is -0.148. The summed E-state index contributed by atoms with van der Waals surface area (Å²) in [6.45, 7) is 4.61. The molecule has 0 aromatic carbocycles. The molecule has 2 N–H and O–H groups in total. The van der Waals surface area contributed by atoms with Crippen molar-refractivity contribution in [2.24, 2.45) is 0 Å². The smallest absolute Gasteiger partial charge is 0.255 e. The molecule has 1 unspecified atom stereocenters. The molecule has 0 radical (unpaired) electrons. The second-order valence-corrected chi connectivity index (χ2v) is 4.41. The molecule has 0 aliphatic heterocycles. The first-order valence-corrected chi connectivity index (χ1v) is 6.62. The van der Waals surface area contributed by atoms with Crippen LogP contribution in [0.3, 0.4) is 0 Å². The highest BCUT2D eigenvalue weighted by Gasteiger charge is 2.15. The summed E-state index contributed by atoms with van der Waals surface area (Å²) in [6, 6.07) is 7.20. The first kappa shape index (κ1) is 14.0. The number of aromatic nitrogens is 2. The van der Waals surface area contributed by atoms with E-state index in [1.807, 2.05) is 26.0 Å². The molecule has 5 nitrogen and oxygen atoms in total. The molecule has 0 saturated heterocycles. The van der Waals surface area contributed by atoms with Crippen molar-refractivity contribution < 1.29 is 4.79 Å². The Balaban J connectivity index is 2.12. The predicted octanol–water partition coefficient (Wildman–Crippen LogP) is 2.40. The Morgan fingerprint density at radius 2 is 2.10 bits per heavy atom. The molecule has 20 heavy (non-hydrogen) atoms. The molecule has 0 aliphatic carbocycles. The van der Waals surface area contributed by atoms with Crippen molar-refractivity contribution in [2.75, 3.05) is 11.9 Å². The second kappa shape index (κ2) is 6.65. The van der Waals surface area contributed by atoms with Gasteiger partial charge in [-0.15, -0.1) is 0 Å². The summed E-state index contributed by atoms with van der Waals surface area (Å²) in [4.78, 5) is 20.6. The van der Waals surface area contributed by atoms with Gasteiger partial charge in [-0.25, -0.2) is 4.98 Å². The van der Waals surface area contributed by atoms with Gasteiger partial charge in [-0.2, -0.15) is 0 Å². The Bertz CT molecular complexity index is 571. The molecule has 1 amide bonds. The Labute approximate surface area is 118 Å². The van der Waals surface area contributed by atoms with E-state index in [0.717, 1.165) is 12.1 Å². The van der Waals surface area contributed by atoms with Gasteiger partial charge in [0, 0.05) is 25.1 Å². The zero-order chi connectivity index (χ0) is 14.4. The average Bonchev–Trinajstić information content (AvgIpc) is 2.49. The number of carbonyl (C=O) groups excluding carboxylic acids is 1. The summed E-state index contributed by atoms with van der Waals surface area (Å²) < 4.78 is 0. The molecule has 0 aliphatic rings. The van der Waals surface area contributed by atoms with Crippen LogP contribution in [0.15, 0.2) is 42.9 Å². The van der Waals surface area contributed by atoms with Gasteiger partial charge in [0.2, 0.25) is 0 Å². The molecule has 104 valence electrons. The molecule has 0 bridgehead atoms. The van der Waals surface area contributed by atoms with Gasteiger partial charge in [0.15, 0.2) is 0 Å². The summed E-state index contributed by atoms with van der Waals surface area (Å²) in [5.41, 5.74) is 1.51. The highest BCUT2D eigenvalue weighted by molar-refractivity contribution is 5.98. The first-order chi connectivity index (χ1) is 9.72. The monoisotopic (exact) mass is 270 g/mol. The number of rotatable bonds is 5. The average molecular weight is 270 g/mol. The molecule has 1 atom stereocenters. The second-order valence-electron chi connectivity index (χ2n) is 4.41. The Morgan fingerprint density at radius 1 is 1.30 bits per heavy atom. The van der Waals surface area contributed by atoms with Crippen LogP contribution < -0.4 is 10.6 Å². The quantitative estimate of drug-likeness (QED) is 0.875. The van der Waals surface area contributed by atoms with E-state index in [-0.39, 0.29) is 11.9 Å². The topological polar surface area (TPSA) is 66.9 Å². The standard InChI is InChI=1S/C15H18N4O/c1-3-17-14-13(7-5-9-18-14)15(20)19-11(2)12-6-4-8-16-10-12/h4-11H,3H2,1-2H3,(H,17,18)(H,19,20). The van der Waals surface area contributed by atoms with Gasteiger partial charge in [0.05, 0.1) is 11.6 Å². The zero-order valence-corrected chi connectivity index (χ0v) is 11.6. The number of pyridine rings is 2. The lowest BCUT2D eigenvalue weighted by atomic mass is 10.1. The summed E-state index contributed by atoms with van der Waals surface area (Å²) in [5.74, 6) is 0.455. The fourth-order valence-corrected chi connectivity index (χ4v) is 1.89. The minimum Gasteiger partial charge on any atom is -0.370 e. The maximum atomic E-state index is 12.3. The van der Waals surface area contributed by atoms with Crippen LogP contribution >= 0.6 is 0 Å². The van der Waals surface area contributed by atoms with Gasteiger partial charge in [0.25, 0.3) is 5.91 Å². The van der Waals surface area contributed by atoms with Gasteiger partial charge in [-0.3, -0.25) is 9.78 Å². The predicted molar refractivity (Wildman–Crippen MR) is 78.5 cm³/mol. The maximum absolute atomic E-state index is 12.3. The number of hydrogen-bond donors (Lipinski definition) is 2. The maximum Gasteiger partial charge on any atom is 0.255 e. The van der Waals surface area contributed by atoms with Crippen LogP contribution in [0.2, 0.25) is 0 Å². The summed E-state index contributed by atoms with van der Waals surface area (Å²) >= 11 is 0. The Morgan fingerprint density at radius 3 is 2.80 bits per heavy atom. The summed E-state index contributed by atoms with van der Waals surface area (Å²) in [6.07, 6.45) is 5.13. The molecule has 0 fully saturated rings. The third-order valence-corrected chi connectivity index (χ3v) is 2.93. The van der Waals surface area contributed by atoms with Crippen molar-refractivity contribution in [3.8, 4) is 0 Å². The van der Waals surface area contributed by atoms with Crippen LogP contribution in [0.4, 0.5) is 5.82 Å². The van der Waals surface area contributed by atoms with Crippen LogP contribution in [0.1, 0.15) is 35.8 Å². The van der Waals surface area contributed by atoms with Gasteiger partial charge in [-0.05, 0) is 37.6 Å². The molecule has 0 spiro atoms. The molecule has 2 aromatic heterocycles. The van der Waals surface area contributed by atoms with Crippen LogP contribution in [-0.2, 0) is 0 Å². The lowest BCUT2D eigenvalue weighted by Gasteiger charge is -2.15. The number of nitrogens with one attached hydrogen (secondary N) is 2. The molecule has 0 saturated carbocycles. The van der Waals surface area contributed by atoms with Gasteiger partial charge in [-0.1, -0.05) is 6.07 Å². The Kier molecular flexibility index (Phi) is 4.65. The lowest BCUT2D eigenvalue weighted by Crippen LogP contribution is -2.27. The molecule has 5 heteroatoms. The van der Waals surface area contributed by atoms with Crippen molar-refractivity contribution in [3.63, 3.8) is 0 Å². The Hall–Kier alpha value is -2.43. The molecule has 2 heterocycles. The number of carbonyl (C=O) groups is 1. The summed E-state index contributed by atoms with van der Waals surface area (Å²) in [5, 5.41) is 6.04. The van der Waals surface area contributed by atoms with E-state index >= 15 is 0 Å². The van der Waals surface area contributed by atoms with E-state index < -0.39 is 0 Å².